The number of methoxy groups -OCH3 is 2. The highest BCUT2D eigenvalue weighted by Gasteiger charge is 2.41. The number of hydrogen-bond donors (Lipinski definition) is 2. The second kappa shape index (κ2) is 12.8. The number of amides is 1. The van der Waals surface area contributed by atoms with Crippen molar-refractivity contribution in [2.24, 2.45) is 0 Å². The molecule has 0 aliphatic rings. The Hall–Kier alpha value is -4.28. The number of carbonyl (C=O) groups is 4. The number of carboxylic acid groups (broad SMARTS) is 1. The third kappa shape index (κ3) is 6.72. The highest BCUT2D eigenvalue weighted by atomic mass is 35.5. The van der Waals surface area contributed by atoms with Crippen LogP contribution in [0.1, 0.15) is 20.7 Å². The van der Waals surface area contributed by atoms with Crippen molar-refractivity contribution in [3.8, 4) is 11.5 Å². The van der Waals surface area contributed by atoms with Crippen LogP contribution in [0.4, 0.5) is 5.69 Å². The summed E-state index contributed by atoms with van der Waals surface area (Å²) < 4.78 is 20.8. The molecule has 0 bridgehead atoms. The number of hydrogen-bond acceptors (Lipinski definition) is 8. The second-order valence-electron chi connectivity index (χ2n) is 7.51. The molecule has 38 heavy (non-hydrogen) atoms. The van der Waals surface area contributed by atoms with E-state index in [-0.39, 0.29) is 32.6 Å². The predicted octanol–water partition coefficient (Wildman–Crippen LogP) is 4.48. The van der Waals surface area contributed by atoms with Gasteiger partial charge in [0.15, 0.2) is 0 Å². The third-order valence-electron chi connectivity index (χ3n) is 5.10. The topological polar surface area (TPSA) is 137 Å². The zero-order chi connectivity index (χ0) is 27.8. The summed E-state index contributed by atoms with van der Waals surface area (Å²) in [5, 5.41) is 12.3. The molecule has 3 rings (SSSR count). The summed E-state index contributed by atoms with van der Waals surface area (Å²) >= 11 is 12.1. The standard InChI is InChI=1S/C26H21Cl2NO9/c1-35-14-11-12-20(36-2)19(13-14)29-23(30)21(37-25(33)15-7-3-5-9-17(15)27)22(24(31)32)38-26(34)16-8-4-6-10-18(16)28/h3-13,21-22H,1-2H3,(H,29,30)(H,31,32)/t21-,22+/m0/s1. The van der Waals surface area contributed by atoms with Gasteiger partial charge in [0, 0.05) is 6.07 Å². The quantitative estimate of drug-likeness (QED) is 0.343. The molecule has 2 atom stereocenters. The lowest BCUT2D eigenvalue weighted by Crippen LogP contribution is -2.48. The molecule has 2 N–H and O–H groups in total. The molecular weight excluding hydrogens is 541 g/mol. The lowest BCUT2D eigenvalue weighted by Gasteiger charge is -2.24. The highest BCUT2D eigenvalue weighted by molar-refractivity contribution is 6.34. The molecule has 0 saturated heterocycles. The molecule has 1 amide bonds. The van der Waals surface area contributed by atoms with E-state index in [1.54, 1.807) is 18.2 Å². The van der Waals surface area contributed by atoms with Crippen molar-refractivity contribution in [2.75, 3.05) is 19.5 Å². The number of halogens is 2. The van der Waals surface area contributed by atoms with E-state index in [2.05, 4.69) is 5.32 Å². The summed E-state index contributed by atoms with van der Waals surface area (Å²) in [5.41, 5.74) is -0.240. The van der Waals surface area contributed by atoms with Crippen molar-refractivity contribution < 1.29 is 43.2 Å². The Labute approximate surface area is 227 Å². The maximum atomic E-state index is 13.4. The summed E-state index contributed by atoms with van der Waals surface area (Å²) in [5.74, 6) is -4.67. The summed E-state index contributed by atoms with van der Waals surface area (Å²) in [7, 11) is 2.74. The number of carboxylic acids is 1. The minimum atomic E-state index is -2.28. The minimum Gasteiger partial charge on any atom is -0.497 e. The van der Waals surface area contributed by atoms with Crippen LogP contribution in [0.2, 0.25) is 10.0 Å². The van der Waals surface area contributed by atoms with Gasteiger partial charge in [-0.3, -0.25) is 4.79 Å². The Balaban J connectivity index is 2.00. The molecule has 0 fully saturated rings. The number of ether oxygens (including phenoxy) is 4. The number of rotatable bonds is 10. The van der Waals surface area contributed by atoms with Crippen molar-refractivity contribution >= 4 is 52.7 Å². The molecule has 0 aliphatic heterocycles. The van der Waals surface area contributed by atoms with Crippen molar-refractivity contribution in [3.63, 3.8) is 0 Å². The van der Waals surface area contributed by atoms with Crippen molar-refractivity contribution in [3.05, 3.63) is 87.9 Å². The molecule has 3 aromatic rings. The van der Waals surface area contributed by atoms with Crippen LogP contribution in [0.15, 0.2) is 66.7 Å². The molecule has 0 radical (unpaired) electrons. The summed E-state index contributed by atoms with van der Waals surface area (Å²) in [6.45, 7) is 0. The molecule has 3 aromatic carbocycles. The number of nitrogens with one attached hydrogen (secondary N) is 1. The highest BCUT2D eigenvalue weighted by Crippen LogP contribution is 2.30. The molecular formula is C26H21Cl2NO9. The van der Waals surface area contributed by atoms with Gasteiger partial charge < -0.3 is 29.4 Å². The fraction of sp³-hybridized carbons (Fsp3) is 0.154. The number of carbonyl (C=O) groups excluding carboxylic acids is 3. The minimum absolute atomic E-state index is 0.00828. The van der Waals surface area contributed by atoms with E-state index in [1.807, 2.05) is 0 Å². The zero-order valence-electron chi connectivity index (χ0n) is 20.0. The summed E-state index contributed by atoms with van der Waals surface area (Å²) in [6, 6.07) is 16.0. The number of anilines is 1. The van der Waals surface area contributed by atoms with E-state index in [0.717, 1.165) is 0 Å². The average molecular weight is 562 g/mol. The second-order valence-corrected chi connectivity index (χ2v) is 8.32. The molecule has 10 nitrogen and oxygen atoms in total. The first-order chi connectivity index (χ1) is 18.2. The van der Waals surface area contributed by atoms with E-state index in [1.165, 1.54) is 62.8 Å². The van der Waals surface area contributed by atoms with Gasteiger partial charge in [0.25, 0.3) is 5.91 Å². The Kier molecular flexibility index (Phi) is 9.53. The molecule has 0 saturated carbocycles. The van der Waals surface area contributed by atoms with Crippen LogP contribution >= 0.6 is 23.2 Å². The van der Waals surface area contributed by atoms with Gasteiger partial charge >= 0.3 is 17.9 Å². The number of esters is 2. The molecule has 0 aliphatic carbocycles. The average Bonchev–Trinajstić information content (AvgIpc) is 2.90. The summed E-state index contributed by atoms with van der Waals surface area (Å²) in [4.78, 5) is 51.2. The van der Waals surface area contributed by atoms with Crippen molar-refractivity contribution in [1.29, 1.82) is 0 Å². The van der Waals surface area contributed by atoms with E-state index < -0.39 is 36.0 Å². The van der Waals surface area contributed by atoms with Crippen LogP contribution in [0, 0.1) is 0 Å². The van der Waals surface area contributed by atoms with E-state index in [9.17, 15) is 24.3 Å². The van der Waals surface area contributed by atoms with Gasteiger partial charge in [-0.25, -0.2) is 14.4 Å². The molecule has 198 valence electrons. The maximum absolute atomic E-state index is 13.4. The third-order valence-corrected chi connectivity index (χ3v) is 5.76. The first-order valence-electron chi connectivity index (χ1n) is 10.8. The SMILES string of the molecule is COc1ccc(OC)c(NC(=O)[C@@H](OC(=O)c2ccccc2Cl)[C@@H](OC(=O)c2ccccc2Cl)C(=O)O)c1. The largest absolute Gasteiger partial charge is 0.497 e. The zero-order valence-corrected chi connectivity index (χ0v) is 21.5. The fourth-order valence-corrected chi connectivity index (χ4v) is 3.65. The smallest absolute Gasteiger partial charge is 0.349 e. The van der Waals surface area contributed by atoms with Gasteiger partial charge in [-0.05, 0) is 36.4 Å². The van der Waals surface area contributed by atoms with E-state index in [0.29, 0.717) is 5.75 Å². The fourth-order valence-electron chi connectivity index (χ4n) is 3.22. The van der Waals surface area contributed by atoms with Crippen LogP contribution in [0.5, 0.6) is 11.5 Å². The number of aliphatic carboxylic acids is 1. The van der Waals surface area contributed by atoms with Gasteiger partial charge in [-0.15, -0.1) is 0 Å². The first kappa shape index (κ1) is 28.3. The van der Waals surface area contributed by atoms with Gasteiger partial charge in [-0.1, -0.05) is 47.5 Å². The molecule has 0 heterocycles. The molecule has 0 spiro atoms. The summed E-state index contributed by atoms with van der Waals surface area (Å²) in [6.07, 6.45) is -4.44. The van der Waals surface area contributed by atoms with Gasteiger partial charge in [0.2, 0.25) is 12.2 Å². The first-order valence-corrected chi connectivity index (χ1v) is 11.6. The predicted molar refractivity (Wildman–Crippen MR) is 137 cm³/mol. The van der Waals surface area contributed by atoms with E-state index >= 15 is 0 Å². The Morgan fingerprint density at radius 2 is 1.29 bits per heavy atom. The van der Waals surface area contributed by atoms with Crippen LogP contribution < -0.4 is 14.8 Å². The lowest BCUT2D eigenvalue weighted by atomic mass is 10.1. The van der Waals surface area contributed by atoms with Gasteiger partial charge in [0.1, 0.15) is 11.5 Å². The molecule has 0 unspecified atom stereocenters. The number of benzene rings is 3. The van der Waals surface area contributed by atoms with Crippen molar-refractivity contribution in [2.45, 2.75) is 12.2 Å². The lowest BCUT2D eigenvalue weighted by molar-refractivity contribution is -0.157. The Bertz CT molecular complexity index is 1360. The maximum Gasteiger partial charge on any atom is 0.349 e. The van der Waals surface area contributed by atoms with Crippen LogP contribution in [-0.2, 0) is 19.1 Å². The normalized spacial score (nSPS) is 12.0. The van der Waals surface area contributed by atoms with Crippen LogP contribution in [0.3, 0.4) is 0 Å². The van der Waals surface area contributed by atoms with Gasteiger partial charge in [-0.2, -0.15) is 0 Å². The molecule has 0 aromatic heterocycles. The van der Waals surface area contributed by atoms with Crippen molar-refractivity contribution in [1.82, 2.24) is 0 Å². The van der Waals surface area contributed by atoms with Crippen LogP contribution in [-0.4, -0.2) is 55.3 Å². The Morgan fingerprint density at radius 3 is 1.76 bits per heavy atom. The Morgan fingerprint density at radius 1 is 0.763 bits per heavy atom. The van der Waals surface area contributed by atoms with Gasteiger partial charge in [0.05, 0.1) is 41.1 Å². The van der Waals surface area contributed by atoms with E-state index in [4.69, 9.17) is 42.1 Å². The molecule has 12 heteroatoms. The monoisotopic (exact) mass is 561 g/mol. The van der Waals surface area contributed by atoms with Crippen LogP contribution in [0.25, 0.3) is 0 Å².